The minimum atomic E-state index is -0.188. The summed E-state index contributed by atoms with van der Waals surface area (Å²) in [4.78, 5) is 10.7. The van der Waals surface area contributed by atoms with Gasteiger partial charge in [0.25, 0.3) is 0 Å². The number of halogens is 1. The lowest BCUT2D eigenvalue weighted by molar-refractivity contribution is -0.116. The monoisotopic (exact) mass is 180 g/mol. The molecule has 70 valence electrons. The molecular weight excluding hydrogens is 167 g/mol. The lowest BCUT2D eigenvalue weighted by atomic mass is 10.1. The third-order valence-corrected chi connectivity index (χ3v) is 1.99. The van der Waals surface area contributed by atoms with Crippen LogP contribution in [0.25, 0.3) is 0 Å². The van der Waals surface area contributed by atoms with Crippen LogP contribution in [0.5, 0.6) is 0 Å². The van der Waals surface area contributed by atoms with Crippen molar-refractivity contribution in [3.63, 3.8) is 0 Å². The number of aryl methyl sites for hydroxylation is 2. The molecule has 0 saturated heterocycles. The molecule has 0 unspecified atom stereocenters. The average molecular weight is 180 g/mol. The van der Waals surface area contributed by atoms with Gasteiger partial charge in [0.15, 0.2) is 0 Å². The molecule has 0 amide bonds. The van der Waals surface area contributed by atoms with Crippen LogP contribution >= 0.6 is 0 Å². The Morgan fingerprint density at radius 1 is 1.46 bits per heavy atom. The topological polar surface area (TPSA) is 17.1 Å². The third kappa shape index (κ3) is 2.98. The molecule has 0 N–H and O–H groups in total. The molecule has 1 aromatic rings. The van der Waals surface area contributed by atoms with Crippen molar-refractivity contribution in [2.45, 2.75) is 26.7 Å². The second kappa shape index (κ2) is 4.17. The largest absolute Gasteiger partial charge is 0.300 e. The molecule has 0 aromatic heterocycles. The Labute approximate surface area is 77.6 Å². The molecule has 0 aliphatic carbocycles. The first-order valence-electron chi connectivity index (χ1n) is 4.34. The molecule has 0 fully saturated rings. The Bertz CT molecular complexity index is 318. The number of rotatable bonds is 3. The number of hydrogen-bond acceptors (Lipinski definition) is 1. The molecular formula is C11H13FO. The molecule has 0 heterocycles. The van der Waals surface area contributed by atoms with Crippen LogP contribution in [0.4, 0.5) is 4.39 Å². The van der Waals surface area contributed by atoms with E-state index in [2.05, 4.69) is 0 Å². The molecule has 2 heteroatoms. The molecule has 0 radical (unpaired) electrons. The van der Waals surface area contributed by atoms with E-state index in [1.807, 2.05) is 0 Å². The summed E-state index contributed by atoms with van der Waals surface area (Å²) in [5.41, 5.74) is 1.66. The quantitative estimate of drug-likeness (QED) is 0.698. The van der Waals surface area contributed by atoms with Gasteiger partial charge >= 0.3 is 0 Å². The van der Waals surface area contributed by atoms with Crippen molar-refractivity contribution in [3.05, 3.63) is 35.1 Å². The zero-order valence-electron chi connectivity index (χ0n) is 7.93. The SMILES string of the molecule is CC(=O)CCc1ccc(F)c(C)c1. The summed E-state index contributed by atoms with van der Waals surface area (Å²) in [7, 11) is 0. The molecule has 0 atom stereocenters. The second-order valence-electron chi connectivity index (χ2n) is 3.29. The summed E-state index contributed by atoms with van der Waals surface area (Å²) in [6, 6.07) is 4.97. The van der Waals surface area contributed by atoms with E-state index >= 15 is 0 Å². The summed E-state index contributed by atoms with van der Waals surface area (Å²) in [6.45, 7) is 3.29. The van der Waals surface area contributed by atoms with Gasteiger partial charge in [-0.3, -0.25) is 0 Å². The van der Waals surface area contributed by atoms with Gasteiger partial charge < -0.3 is 4.79 Å². The fourth-order valence-electron chi connectivity index (χ4n) is 1.18. The highest BCUT2D eigenvalue weighted by Crippen LogP contribution is 2.10. The number of carbonyl (C=O) groups is 1. The van der Waals surface area contributed by atoms with E-state index in [1.165, 1.54) is 6.07 Å². The molecule has 0 aliphatic rings. The molecule has 1 rings (SSSR count). The first kappa shape index (κ1) is 9.90. The van der Waals surface area contributed by atoms with E-state index in [4.69, 9.17) is 0 Å². The molecule has 0 bridgehead atoms. The highest BCUT2D eigenvalue weighted by atomic mass is 19.1. The molecule has 1 aromatic carbocycles. The number of hydrogen-bond donors (Lipinski definition) is 0. The summed E-state index contributed by atoms with van der Waals surface area (Å²) < 4.78 is 12.8. The second-order valence-corrected chi connectivity index (χ2v) is 3.29. The maximum Gasteiger partial charge on any atom is 0.130 e. The van der Waals surface area contributed by atoms with Crippen molar-refractivity contribution >= 4 is 5.78 Å². The lowest BCUT2D eigenvalue weighted by Gasteiger charge is -2.01. The van der Waals surface area contributed by atoms with Gasteiger partial charge in [-0.2, -0.15) is 0 Å². The molecule has 0 aliphatic heterocycles. The van der Waals surface area contributed by atoms with Gasteiger partial charge in [0, 0.05) is 6.42 Å². The zero-order chi connectivity index (χ0) is 9.84. The van der Waals surface area contributed by atoms with E-state index in [-0.39, 0.29) is 11.6 Å². The number of Topliss-reactive ketones (excluding diaryl/α,β-unsaturated/α-hetero) is 1. The third-order valence-electron chi connectivity index (χ3n) is 1.99. The van der Waals surface area contributed by atoms with Crippen LogP contribution in [0.3, 0.4) is 0 Å². The van der Waals surface area contributed by atoms with Crippen LogP contribution in [-0.4, -0.2) is 5.78 Å². The van der Waals surface area contributed by atoms with Crippen molar-refractivity contribution in [1.82, 2.24) is 0 Å². The smallest absolute Gasteiger partial charge is 0.130 e. The summed E-state index contributed by atoms with van der Waals surface area (Å²) >= 11 is 0. The fourth-order valence-corrected chi connectivity index (χ4v) is 1.18. The Morgan fingerprint density at radius 2 is 2.15 bits per heavy atom. The van der Waals surface area contributed by atoms with Gasteiger partial charge in [-0.25, -0.2) is 4.39 Å². The first-order chi connectivity index (χ1) is 6.09. The lowest BCUT2D eigenvalue weighted by Crippen LogP contribution is -1.95. The Hall–Kier alpha value is -1.18. The van der Waals surface area contributed by atoms with Crippen LogP contribution in [-0.2, 0) is 11.2 Å². The van der Waals surface area contributed by atoms with Crippen LogP contribution in [0, 0.1) is 12.7 Å². The molecule has 0 saturated carbocycles. The summed E-state index contributed by atoms with van der Waals surface area (Å²) in [5.74, 6) is -0.0199. The van der Waals surface area contributed by atoms with Crippen LogP contribution in [0.1, 0.15) is 24.5 Å². The first-order valence-corrected chi connectivity index (χ1v) is 4.34. The van der Waals surface area contributed by atoms with E-state index in [9.17, 15) is 9.18 Å². The highest BCUT2D eigenvalue weighted by molar-refractivity contribution is 5.75. The summed E-state index contributed by atoms with van der Waals surface area (Å²) in [6.07, 6.45) is 1.24. The summed E-state index contributed by atoms with van der Waals surface area (Å²) in [5, 5.41) is 0. The van der Waals surface area contributed by atoms with Crippen LogP contribution < -0.4 is 0 Å². The normalized spacial score (nSPS) is 10.1. The molecule has 1 nitrogen and oxygen atoms in total. The van der Waals surface area contributed by atoms with Gasteiger partial charge in [-0.1, -0.05) is 12.1 Å². The molecule has 0 spiro atoms. The number of ketones is 1. The van der Waals surface area contributed by atoms with Crippen molar-refractivity contribution in [1.29, 1.82) is 0 Å². The zero-order valence-corrected chi connectivity index (χ0v) is 7.93. The number of carbonyl (C=O) groups excluding carboxylic acids is 1. The predicted octanol–water partition coefficient (Wildman–Crippen LogP) is 2.66. The minimum absolute atomic E-state index is 0.168. The van der Waals surface area contributed by atoms with Crippen LogP contribution in [0.2, 0.25) is 0 Å². The average Bonchev–Trinajstić information content (AvgIpc) is 2.07. The van der Waals surface area contributed by atoms with E-state index in [1.54, 1.807) is 26.0 Å². The predicted molar refractivity (Wildman–Crippen MR) is 50.1 cm³/mol. The van der Waals surface area contributed by atoms with Gasteiger partial charge in [0.2, 0.25) is 0 Å². The van der Waals surface area contributed by atoms with Gasteiger partial charge in [-0.15, -0.1) is 0 Å². The van der Waals surface area contributed by atoms with E-state index in [0.717, 1.165) is 5.56 Å². The van der Waals surface area contributed by atoms with E-state index in [0.29, 0.717) is 18.4 Å². The minimum Gasteiger partial charge on any atom is -0.300 e. The Kier molecular flexibility index (Phi) is 3.18. The van der Waals surface area contributed by atoms with Crippen molar-refractivity contribution in [2.24, 2.45) is 0 Å². The maximum atomic E-state index is 12.8. The number of benzene rings is 1. The van der Waals surface area contributed by atoms with Gasteiger partial charge in [0.05, 0.1) is 0 Å². The van der Waals surface area contributed by atoms with E-state index < -0.39 is 0 Å². The Balaban J connectivity index is 2.68. The van der Waals surface area contributed by atoms with Gasteiger partial charge in [-0.05, 0) is 37.5 Å². The fraction of sp³-hybridized carbons (Fsp3) is 0.364. The van der Waals surface area contributed by atoms with Crippen molar-refractivity contribution in [2.75, 3.05) is 0 Å². The van der Waals surface area contributed by atoms with Gasteiger partial charge in [0.1, 0.15) is 11.6 Å². The Morgan fingerprint density at radius 3 is 2.69 bits per heavy atom. The maximum absolute atomic E-state index is 12.8. The van der Waals surface area contributed by atoms with Crippen LogP contribution in [0.15, 0.2) is 18.2 Å². The standard InChI is InChI=1S/C11H13FO/c1-8-7-10(4-3-9(2)13)5-6-11(8)12/h5-7H,3-4H2,1-2H3. The highest BCUT2D eigenvalue weighted by Gasteiger charge is 2.00. The van der Waals surface area contributed by atoms with Crippen molar-refractivity contribution < 1.29 is 9.18 Å². The molecule has 13 heavy (non-hydrogen) atoms. The van der Waals surface area contributed by atoms with Crippen molar-refractivity contribution in [3.8, 4) is 0 Å².